The first kappa shape index (κ1) is 4.61. The normalized spacial score (nSPS) is 22.8. The Bertz CT molecular complexity index is 61.9. The van der Waals surface area contributed by atoms with Crippen molar-refractivity contribution in [3.63, 3.8) is 0 Å². The average Bonchev–Trinajstić information content (AvgIpc) is 1.86. The van der Waals surface area contributed by atoms with Gasteiger partial charge in [0.15, 0.2) is 0 Å². The summed E-state index contributed by atoms with van der Waals surface area (Å²) in [5.74, 6) is 0. The van der Waals surface area contributed by atoms with Crippen LogP contribution in [0, 0.1) is 0 Å². The molecule has 0 spiro atoms. The second-order valence-electron chi connectivity index (χ2n) is 1.30. The van der Waals surface area contributed by atoms with Crippen molar-refractivity contribution in [1.29, 1.82) is 0 Å². The monoisotopic (exact) mass is 120 g/mol. The van der Waals surface area contributed by atoms with E-state index in [2.05, 4.69) is 12.2 Å². The first-order valence-electron chi connectivity index (χ1n) is 1.95. The fourth-order valence-corrected chi connectivity index (χ4v) is 1.84. The Morgan fingerprint density at radius 2 is 1.83 bits per heavy atom. The van der Waals surface area contributed by atoms with E-state index in [1.54, 1.807) is 0 Å². The Hall–Kier alpha value is 0.460. The van der Waals surface area contributed by atoms with Crippen molar-refractivity contribution in [1.82, 2.24) is 0 Å². The molecule has 2 heteroatoms. The summed E-state index contributed by atoms with van der Waals surface area (Å²) in [6.45, 7) is 0. The maximum Gasteiger partial charge on any atom is -0.000278 e. The second kappa shape index (κ2) is 1.95. The zero-order valence-corrected chi connectivity index (χ0v) is 5.04. The predicted octanol–water partition coefficient (Wildman–Crippen LogP) is 2.19. The highest BCUT2D eigenvalue weighted by atomic mass is 35.7. The van der Waals surface area contributed by atoms with Crippen LogP contribution < -0.4 is 0 Å². The van der Waals surface area contributed by atoms with Gasteiger partial charge in [-0.2, -0.15) is 0 Å². The zero-order valence-electron chi connectivity index (χ0n) is 3.39. The van der Waals surface area contributed by atoms with Gasteiger partial charge in [0.1, 0.15) is 0 Å². The van der Waals surface area contributed by atoms with Crippen molar-refractivity contribution in [3.8, 4) is 0 Å². The largest absolute Gasteiger partial charge is 0.0958 e. The third kappa shape index (κ3) is 0.959. The molecule has 6 heavy (non-hydrogen) atoms. The van der Waals surface area contributed by atoms with E-state index in [0.717, 1.165) is 12.3 Å². The topological polar surface area (TPSA) is 0 Å². The van der Waals surface area contributed by atoms with Gasteiger partial charge in [0.25, 0.3) is 0 Å². The van der Waals surface area contributed by atoms with Crippen molar-refractivity contribution in [2.24, 2.45) is 0 Å². The van der Waals surface area contributed by atoms with Crippen LogP contribution in [0.1, 0.15) is 0 Å². The minimum absolute atomic E-state index is 0.104. The third-order valence-electron chi connectivity index (χ3n) is 0.774. The average molecular weight is 121 g/mol. The van der Waals surface area contributed by atoms with Crippen LogP contribution >= 0.6 is 18.5 Å². The van der Waals surface area contributed by atoms with E-state index >= 15 is 0 Å². The molecule has 0 amide bonds. The lowest BCUT2D eigenvalue weighted by Crippen LogP contribution is -1.60. The van der Waals surface area contributed by atoms with Crippen molar-refractivity contribution in [2.75, 3.05) is 12.3 Å². The zero-order chi connectivity index (χ0) is 4.41. The molecule has 0 nitrogen and oxygen atoms in total. The molecule has 0 radical (unpaired) electrons. The summed E-state index contributed by atoms with van der Waals surface area (Å²) in [5.41, 5.74) is 0. The Labute approximate surface area is 43.7 Å². The molecule has 1 rings (SSSR count). The maximum atomic E-state index is 5.71. The number of hydrogen-bond donors (Lipinski definition) is 0. The quantitative estimate of drug-likeness (QED) is 0.340. The van der Waals surface area contributed by atoms with Gasteiger partial charge in [0.05, 0.1) is 0 Å². The van der Waals surface area contributed by atoms with E-state index in [0.29, 0.717) is 0 Å². The number of rotatable bonds is 0. The van der Waals surface area contributed by atoms with Gasteiger partial charge in [0.2, 0.25) is 0 Å². The summed E-state index contributed by atoms with van der Waals surface area (Å²) >= 11 is 5.71. The van der Waals surface area contributed by atoms with Crippen LogP contribution in [-0.2, 0) is 0 Å². The van der Waals surface area contributed by atoms with E-state index in [-0.39, 0.29) is 7.27 Å². The molecule has 0 atom stereocenters. The molecule has 0 N–H and O–H groups in total. The lowest BCUT2D eigenvalue weighted by atomic mass is 10.6. The van der Waals surface area contributed by atoms with Crippen LogP contribution in [-0.4, -0.2) is 12.3 Å². The van der Waals surface area contributed by atoms with Gasteiger partial charge in [-0.05, 0) is 19.6 Å². The van der Waals surface area contributed by atoms with Gasteiger partial charge in [0, 0.05) is 0 Å². The molecule has 0 saturated heterocycles. The van der Waals surface area contributed by atoms with Crippen molar-refractivity contribution in [3.05, 3.63) is 12.2 Å². The smallest absolute Gasteiger partial charge is 0.000278 e. The van der Waals surface area contributed by atoms with Gasteiger partial charge in [-0.1, -0.05) is 23.4 Å². The minimum Gasteiger partial charge on any atom is -0.0958 e. The van der Waals surface area contributed by atoms with Crippen LogP contribution in [0.15, 0.2) is 12.2 Å². The standard InChI is InChI=1S/C4H6ClP/c5-6-3-1-2-4-6/h1-2H,3-4H2. The molecule has 0 aromatic heterocycles. The molecule has 0 saturated carbocycles. The molecule has 0 bridgehead atoms. The molecule has 0 unspecified atom stereocenters. The molecule has 1 aliphatic rings. The lowest BCUT2D eigenvalue weighted by molar-refractivity contribution is 1.78. The van der Waals surface area contributed by atoms with Gasteiger partial charge >= 0.3 is 0 Å². The highest BCUT2D eigenvalue weighted by molar-refractivity contribution is 7.84. The molecular weight excluding hydrogens is 114 g/mol. The summed E-state index contributed by atoms with van der Waals surface area (Å²) in [6.07, 6.45) is 6.57. The molecule has 0 fully saturated rings. The lowest BCUT2D eigenvalue weighted by Gasteiger charge is -1.89. The van der Waals surface area contributed by atoms with Crippen LogP contribution in [0.5, 0.6) is 0 Å². The molecular formula is C4H6ClP. The first-order valence-corrected chi connectivity index (χ1v) is 4.57. The van der Waals surface area contributed by atoms with E-state index < -0.39 is 0 Å². The summed E-state index contributed by atoms with van der Waals surface area (Å²) in [5, 5.41) is 0. The summed E-state index contributed by atoms with van der Waals surface area (Å²) in [6, 6.07) is 0. The van der Waals surface area contributed by atoms with Gasteiger partial charge in [-0.25, -0.2) is 0 Å². The van der Waals surface area contributed by atoms with Gasteiger partial charge in [-0.15, -0.1) is 0 Å². The Balaban J connectivity index is 2.32. The number of allylic oxidation sites excluding steroid dienone is 2. The molecule has 0 aromatic carbocycles. The van der Waals surface area contributed by atoms with E-state index in [1.807, 2.05) is 0 Å². The van der Waals surface area contributed by atoms with Crippen molar-refractivity contribution in [2.45, 2.75) is 0 Å². The molecule has 0 aliphatic carbocycles. The Morgan fingerprint density at radius 3 is 2.00 bits per heavy atom. The Kier molecular flexibility index (Phi) is 1.50. The fourth-order valence-electron chi connectivity index (χ4n) is 0.452. The van der Waals surface area contributed by atoms with E-state index in [4.69, 9.17) is 11.2 Å². The number of halogens is 1. The highest BCUT2D eigenvalue weighted by Crippen LogP contribution is 2.44. The molecule has 0 aromatic rings. The fraction of sp³-hybridized carbons (Fsp3) is 0.500. The van der Waals surface area contributed by atoms with E-state index in [9.17, 15) is 0 Å². The van der Waals surface area contributed by atoms with Crippen molar-refractivity contribution < 1.29 is 0 Å². The van der Waals surface area contributed by atoms with Gasteiger partial charge < -0.3 is 0 Å². The van der Waals surface area contributed by atoms with Crippen LogP contribution in [0.4, 0.5) is 0 Å². The molecule has 1 aliphatic heterocycles. The highest BCUT2D eigenvalue weighted by Gasteiger charge is 2.02. The van der Waals surface area contributed by atoms with Crippen LogP contribution in [0.25, 0.3) is 0 Å². The Morgan fingerprint density at radius 1 is 1.33 bits per heavy atom. The van der Waals surface area contributed by atoms with Gasteiger partial charge in [-0.3, -0.25) is 0 Å². The molecule has 1 heterocycles. The predicted molar refractivity (Wildman–Crippen MR) is 31.6 cm³/mol. The summed E-state index contributed by atoms with van der Waals surface area (Å²) in [4.78, 5) is 0. The first-order chi connectivity index (χ1) is 2.89. The summed E-state index contributed by atoms with van der Waals surface area (Å²) < 4.78 is 0. The van der Waals surface area contributed by atoms with Crippen molar-refractivity contribution >= 4 is 18.5 Å². The second-order valence-corrected chi connectivity index (χ2v) is 4.39. The third-order valence-corrected chi connectivity index (χ3v) is 2.82. The maximum absolute atomic E-state index is 5.71. The van der Waals surface area contributed by atoms with Crippen LogP contribution in [0.2, 0.25) is 0 Å². The van der Waals surface area contributed by atoms with E-state index in [1.165, 1.54) is 0 Å². The van der Waals surface area contributed by atoms with Crippen LogP contribution in [0.3, 0.4) is 0 Å². The number of hydrogen-bond acceptors (Lipinski definition) is 0. The minimum atomic E-state index is -0.104. The summed E-state index contributed by atoms with van der Waals surface area (Å²) in [7, 11) is -0.104. The molecule has 34 valence electrons. The SMILES string of the molecule is ClP1CC=CC1.